The summed E-state index contributed by atoms with van der Waals surface area (Å²) in [6.07, 6.45) is -4.64. The topological polar surface area (TPSA) is 49.8 Å². The van der Waals surface area contributed by atoms with Crippen LogP contribution < -0.4 is 9.80 Å². The lowest BCUT2D eigenvalue weighted by atomic mass is 10.1. The summed E-state index contributed by atoms with van der Waals surface area (Å²) in [6, 6.07) is 8.38. The van der Waals surface area contributed by atoms with Crippen LogP contribution in [0.1, 0.15) is 35.6 Å². The third-order valence-electron chi connectivity index (χ3n) is 3.89. The Bertz CT molecular complexity index is 803. The highest BCUT2D eigenvalue weighted by Crippen LogP contribution is 2.34. The van der Waals surface area contributed by atoms with E-state index in [4.69, 9.17) is 4.74 Å². The number of hydroxylamine groups is 1. The van der Waals surface area contributed by atoms with Crippen molar-refractivity contribution in [1.29, 1.82) is 0 Å². The predicted octanol–water partition coefficient (Wildman–Crippen LogP) is 5.03. The lowest BCUT2D eigenvalue weighted by Crippen LogP contribution is -2.27. The monoisotopic (exact) mass is 367 g/mol. The number of halogens is 3. The molecule has 0 unspecified atom stereocenters. The Morgan fingerprint density at radius 2 is 1.85 bits per heavy atom. The van der Waals surface area contributed by atoms with Crippen molar-refractivity contribution >= 4 is 11.6 Å². The molecule has 0 saturated carbocycles. The maximum atomic E-state index is 13.0. The summed E-state index contributed by atoms with van der Waals surface area (Å²) in [5.74, 6) is -0.134. The van der Waals surface area contributed by atoms with Gasteiger partial charge in [0.1, 0.15) is 12.4 Å². The Morgan fingerprint density at radius 3 is 2.42 bits per heavy atom. The maximum absolute atomic E-state index is 13.0. The number of carbonyl (C=O) groups is 1. The molecule has 2 aromatic carbocycles. The fourth-order valence-corrected chi connectivity index (χ4v) is 2.46. The summed E-state index contributed by atoms with van der Waals surface area (Å²) >= 11 is 0. The summed E-state index contributed by atoms with van der Waals surface area (Å²) in [4.78, 5) is 11.7. The van der Waals surface area contributed by atoms with Gasteiger partial charge in [-0.1, -0.05) is 30.7 Å². The smallest absolute Gasteiger partial charge is 0.416 e. The van der Waals surface area contributed by atoms with Crippen molar-refractivity contribution in [1.82, 2.24) is 0 Å². The Morgan fingerprint density at radius 1 is 1.15 bits per heavy atom. The Balaban J connectivity index is 2.35. The predicted molar refractivity (Wildman–Crippen MR) is 91.3 cm³/mol. The van der Waals surface area contributed by atoms with Gasteiger partial charge in [0.25, 0.3) is 0 Å². The highest BCUT2D eigenvalue weighted by molar-refractivity contribution is 5.91. The van der Waals surface area contributed by atoms with Crippen molar-refractivity contribution < 1.29 is 27.9 Å². The molecule has 0 aliphatic carbocycles. The number of hydrogen-bond donors (Lipinski definition) is 1. The van der Waals surface area contributed by atoms with E-state index in [-0.39, 0.29) is 29.3 Å². The van der Waals surface area contributed by atoms with Crippen LogP contribution >= 0.6 is 0 Å². The van der Waals surface area contributed by atoms with Crippen LogP contribution in [0.4, 0.5) is 18.9 Å². The molecule has 0 atom stereocenters. The second-order valence-corrected chi connectivity index (χ2v) is 5.96. The number of rotatable bonds is 5. The fraction of sp³-hybridized carbons (Fsp3) is 0.316. The van der Waals surface area contributed by atoms with Gasteiger partial charge in [0.2, 0.25) is 5.91 Å². The molecule has 1 N–H and O–H groups in total. The molecule has 2 aromatic rings. The molecule has 0 saturated heterocycles. The largest absolute Gasteiger partial charge is 0.489 e. The molecule has 0 aliphatic heterocycles. The fourth-order valence-electron chi connectivity index (χ4n) is 2.46. The number of nitrogens with zero attached hydrogens (tertiary/aromatic N) is 1. The molecule has 0 bridgehead atoms. The number of aryl methyl sites for hydroxylation is 2. The second kappa shape index (κ2) is 7.78. The number of carbonyl (C=O) groups excluding carboxylic acids is 1. The van der Waals surface area contributed by atoms with E-state index in [1.165, 1.54) is 13.0 Å². The van der Waals surface area contributed by atoms with Gasteiger partial charge in [-0.05, 0) is 37.6 Å². The van der Waals surface area contributed by atoms with Crippen LogP contribution in [0.25, 0.3) is 0 Å². The molecule has 0 spiro atoms. The number of anilines is 1. The van der Waals surface area contributed by atoms with Crippen LogP contribution in [-0.2, 0) is 17.6 Å². The average Bonchev–Trinajstić information content (AvgIpc) is 2.58. The summed E-state index contributed by atoms with van der Waals surface area (Å²) in [6.45, 7) is 5.20. The van der Waals surface area contributed by atoms with E-state index >= 15 is 0 Å². The minimum Gasteiger partial charge on any atom is -0.489 e. The quantitative estimate of drug-likeness (QED) is 0.595. The van der Waals surface area contributed by atoms with Crippen molar-refractivity contribution in [2.45, 2.75) is 40.0 Å². The first-order chi connectivity index (χ1) is 12.1. The van der Waals surface area contributed by atoms with E-state index in [2.05, 4.69) is 0 Å². The van der Waals surface area contributed by atoms with E-state index in [0.29, 0.717) is 5.75 Å². The number of amides is 1. The Kier molecular flexibility index (Phi) is 5.92. The van der Waals surface area contributed by atoms with E-state index in [0.717, 1.165) is 23.3 Å². The standard InChI is InChI=1S/C19H20F3NO3/c1-4-18(24)23(25)16-10-15(19(20,21)22)7-6-14(16)11-26-17-8-5-12(2)9-13(17)3/h5-10,25H,4,11H2,1-3H3. The number of ether oxygens (including phenoxy) is 1. The van der Waals surface area contributed by atoms with Gasteiger partial charge in [0.05, 0.1) is 11.3 Å². The molecule has 0 radical (unpaired) electrons. The average molecular weight is 367 g/mol. The van der Waals surface area contributed by atoms with Crippen molar-refractivity contribution in [3.63, 3.8) is 0 Å². The van der Waals surface area contributed by atoms with Gasteiger partial charge in [-0.15, -0.1) is 0 Å². The van der Waals surface area contributed by atoms with Gasteiger partial charge in [0, 0.05) is 12.0 Å². The molecule has 0 aliphatic rings. The zero-order chi connectivity index (χ0) is 19.5. The lowest BCUT2D eigenvalue weighted by molar-refractivity contribution is -0.137. The number of benzene rings is 2. The van der Waals surface area contributed by atoms with Gasteiger partial charge in [-0.25, -0.2) is 0 Å². The first-order valence-electron chi connectivity index (χ1n) is 8.05. The van der Waals surface area contributed by atoms with Crippen LogP contribution in [0.5, 0.6) is 5.75 Å². The first-order valence-corrected chi connectivity index (χ1v) is 8.05. The minimum absolute atomic E-state index is 0.0515. The van der Waals surface area contributed by atoms with Crippen LogP contribution in [0, 0.1) is 13.8 Å². The van der Waals surface area contributed by atoms with Crippen molar-refractivity contribution in [3.05, 3.63) is 58.7 Å². The van der Waals surface area contributed by atoms with Gasteiger partial charge >= 0.3 is 6.18 Å². The molecular weight excluding hydrogens is 347 g/mol. The molecule has 7 heteroatoms. The molecule has 4 nitrogen and oxygen atoms in total. The molecule has 0 aromatic heterocycles. The third kappa shape index (κ3) is 4.54. The van der Waals surface area contributed by atoms with E-state index in [1.54, 1.807) is 6.07 Å². The SMILES string of the molecule is CCC(=O)N(O)c1cc(C(F)(F)F)ccc1COc1ccc(C)cc1C. The molecule has 2 rings (SSSR count). The third-order valence-corrected chi connectivity index (χ3v) is 3.89. The highest BCUT2D eigenvalue weighted by atomic mass is 19.4. The molecule has 1 amide bonds. The van der Waals surface area contributed by atoms with E-state index < -0.39 is 17.6 Å². The summed E-state index contributed by atoms with van der Waals surface area (Å²) in [7, 11) is 0. The van der Waals surface area contributed by atoms with Crippen molar-refractivity contribution in [2.75, 3.05) is 5.06 Å². The van der Waals surface area contributed by atoms with Crippen LogP contribution in [0.3, 0.4) is 0 Å². The summed E-state index contributed by atoms with van der Waals surface area (Å²) in [5, 5.41) is 10.3. The van der Waals surface area contributed by atoms with Gasteiger partial charge in [-0.2, -0.15) is 18.2 Å². The molecule has 0 fully saturated rings. The molecule has 140 valence electrons. The summed E-state index contributed by atoms with van der Waals surface area (Å²) in [5.41, 5.74) is 1.01. The maximum Gasteiger partial charge on any atom is 0.416 e. The normalized spacial score (nSPS) is 11.3. The van der Waals surface area contributed by atoms with Gasteiger partial charge < -0.3 is 4.74 Å². The molecule has 0 heterocycles. The van der Waals surface area contributed by atoms with Crippen molar-refractivity contribution in [2.24, 2.45) is 0 Å². The van der Waals surface area contributed by atoms with Gasteiger partial charge in [0.15, 0.2) is 0 Å². The summed E-state index contributed by atoms with van der Waals surface area (Å²) < 4.78 is 44.6. The first kappa shape index (κ1) is 19.8. The van der Waals surface area contributed by atoms with Crippen LogP contribution in [0.2, 0.25) is 0 Å². The van der Waals surface area contributed by atoms with Crippen LogP contribution in [0.15, 0.2) is 36.4 Å². The zero-order valence-electron chi connectivity index (χ0n) is 14.7. The zero-order valence-corrected chi connectivity index (χ0v) is 14.7. The lowest BCUT2D eigenvalue weighted by Gasteiger charge is -2.20. The molecular formula is C19H20F3NO3. The number of hydrogen-bond acceptors (Lipinski definition) is 3. The number of alkyl halides is 3. The second-order valence-electron chi connectivity index (χ2n) is 5.96. The van der Waals surface area contributed by atoms with E-state index in [9.17, 15) is 23.2 Å². The Hall–Kier alpha value is -2.54. The van der Waals surface area contributed by atoms with E-state index in [1.807, 2.05) is 26.0 Å². The minimum atomic E-state index is -4.59. The van der Waals surface area contributed by atoms with Gasteiger partial charge in [-0.3, -0.25) is 10.0 Å². The Labute approximate surface area is 149 Å². The van der Waals surface area contributed by atoms with Crippen LogP contribution in [-0.4, -0.2) is 11.1 Å². The highest BCUT2D eigenvalue weighted by Gasteiger charge is 2.32. The van der Waals surface area contributed by atoms with Crippen molar-refractivity contribution in [3.8, 4) is 5.75 Å². The molecule has 26 heavy (non-hydrogen) atoms.